The van der Waals surface area contributed by atoms with Crippen LogP contribution >= 0.6 is 30.9 Å². The molecule has 150 valence electrons. The van der Waals surface area contributed by atoms with Crippen molar-refractivity contribution in [2.24, 2.45) is 0 Å². The summed E-state index contributed by atoms with van der Waals surface area (Å²) in [6.07, 6.45) is 1.94. The Morgan fingerprint density at radius 1 is 1.07 bits per heavy atom. The number of ether oxygens (including phenoxy) is 1. The zero-order valence-electron chi connectivity index (χ0n) is 15.6. The van der Waals surface area contributed by atoms with E-state index in [0.29, 0.717) is 37.2 Å². The number of anilines is 1. The molecular formula is C20H23Cl2N2O3P. The number of rotatable bonds is 8. The Bertz CT molecular complexity index is 840. The number of benzene rings is 2. The van der Waals surface area contributed by atoms with Crippen LogP contribution in [0.1, 0.15) is 5.56 Å². The topological polar surface area (TPSA) is 42.0 Å². The van der Waals surface area contributed by atoms with E-state index < -0.39 is 7.67 Å². The van der Waals surface area contributed by atoms with E-state index in [2.05, 4.69) is 0 Å². The summed E-state index contributed by atoms with van der Waals surface area (Å²) < 4.78 is 29.1. The molecule has 0 aliphatic carbocycles. The standard InChI is InChI=1S/C20H23Cl2N2O3P/c1-26-19-9-7-18(8-10-19)24-14-11-20(17-5-3-2-4-6-17)27-28(24,25)23(15-12-21)16-13-22/h2-11H,12-16H2,1H3/t28-/m0/s1. The van der Waals surface area contributed by atoms with Gasteiger partial charge in [0.2, 0.25) is 0 Å². The van der Waals surface area contributed by atoms with Crippen molar-refractivity contribution in [2.75, 3.05) is 43.2 Å². The third-order valence-electron chi connectivity index (χ3n) is 4.44. The molecule has 2 aromatic carbocycles. The molecule has 28 heavy (non-hydrogen) atoms. The summed E-state index contributed by atoms with van der Waals surface area (Å²) in [5.74, 6) is 1.98. The predicted octanol–water partition coefficient (Wildman–Crippen LogP) is 5.46. The van der Waals surface area contributed by atoms with E-state index in [1.54, 1.807) is 16.5 Å². The van der Waals surface area contributed by atoms with Crippen molar-refractivity contribution >= 4 is 42.3 Å². The van der Waals surface area contributed by atoms with Gasteiger partial charge in [0.05, 0.1) is 13.7 Å². The lowest BCUT2D eigenvalue weighted by Crippen LogP contribution is -2.37. The lowest BCUT2D eigenvalue weighted by molar-refractivity contribution is 0.350. The molecule has 0 saturated heterocycles. The molecule has 0 radical (unpaired) electrons. The van der Waals surface area contributed by atoms with Crippen LogP contribution in [0.4, 0.5) is 5.69 Å². The molecule has 5 nitrogen and oxygen atoms in total. The molecule has 3 rings (SSSR count). The van der Waals surface area contributed by atoms with E-state index in [9.17, 15) is 4.57 Å². The predicted molar refractivity (Wildman–Crippen MR) is 116 cm³/mol. The molecule has 0 unspecified atom stereocenters. The molecule has 2 aromatic rings. The maximum absolute atomic E-state index is 14.2. The molecule has 0 bridgehead atoms. The number of alkyl halides is 2. The SMILES string of the molecule is COc1ccc(N2CC=C(c3ccccc3)O[P@@]2(=O)N(CCCl)CCCl)cc1. The van der Waals surface area contributed by atoms with Gasteiger partial charge in [-0.1, -0.05) is 30.3 Å². The van der Waals surface area contributed by atoms with E-state index in [-0.39, 0.29) is 0 Å². The highest BCUT2D eigenvalue weighted by atomic mass is 35.5. The normalized spacial score (nSPS) is 19.3. The molecule has 1 atom stereocenters. The first-order valence-corrected chi connectivity index (χ1v) is 11.6. The van der Waals surface area contributed by atoms with Gasteiger partial charge in [0.25, 0.3) is 0 Å². The van der Waals surface area contributed by atoms with Crippen molar-refractivity contribution in [1.82, 2.24) is 4.67 Å². The highest BCUT2D eigenvalue weighted by Crippen LogP contribution is 2.60. The second-order valence-corrected chi connectivity index (χ2v) is 9.10. The third-order valence-corrected chi connectivity index (χ3v) is 7.34. The van der Waals surface area contributed by atoms with Crippen LogP contribution in [0.15, 0.2) is 60.7 Å². The Hall–Kier alpha value is -1.65. The molecule has 1 aliphatic heterocycles. The van der Waals surface area contributed by atoms with E-state index in [0.717, 1.165) is 17.0 Å². The van der Waals surface area contributed by atoms with Gasteiger partial charge >= 0.3 is 7.67 Å². The van der Waals surface area contributed by atoms with Gasteiger partial charge in [0, 0.05) is 36.1 Å². The Morgan fingerprint density at radius 2 is 1.71 bits per heavy atom. The fourth-order valence-corrected chi connectivity index (χ4v) is 6.05. The van der Waals surface area contributed by atoms with Crippen LogP contribution in [0.2, 0.25) is 0 Å². The Morgan fingerprint density at radius 3 is 2.29 bits per heavy atom. The second kappa shape index (κ2) is 9.71. The summed E-state index contributed by atoms with van der Waals surface area (Å²) in [5, 5.41) is 0. The molecule has 0 fully saturated rings. The maximum atomic E-state index is 14.2. The Kier molecular flexibility index (Phi) is 7.30. The highest BCUT2D eigenvalue weighted by molar-refractivity contribution is 7.58. The third kappa shape index (κ3) is 4.49. The van der Waals surface area contributed by atoms with Gasteiger partial charge in [-0.15, -0.1) is 23.2 Å². The van der Waals surface area contributed by atoms with E-state index in [1.807, 2.05) is 60.7 Å². The lowest BCUT2D eigenvalue weighted by Gasteiger charge is -2.41. The van der Waals surface area contributed by atoms with Crippen LogP contribution in [-0.2, 0) is 9.09 Å². The Labute approximate surface area is 176 Å². The first kappa shape index (κ1) is 21.1. The summed E-state index contributed by atoms with van der Waals surface area (Å²) in [7, 11) is -1.83. The number of methoxy groups -OCH3 is 1. The number of nitrogens with zero attached hydrogens (tertiary/aromatic N) is 2. The highest BCUT2D eigenvalue weighted by Gasteiger charge is 2.43. The summed E-state index contributed by atoms with van der Waals surface area (Å²) in [6, 6.07) is 17.1. The van der Waals surface area contributed by atoms with Gasteiger partial charge in [-0.3, -0.25) is 4.67 Å². The minimum absolute atomic E-state index is 0.324. The number of hydrogen-bond donors (Lipinski definition) is 0. The quantitative estimate of drug-likeness (QED) is 0.402. The largest absolute Gasteiger partial charge is 0.497 e. The van der Waals surface area contributed by atoms with Crippen LogP contribution in [0.3, 0.4) is 0 Å². The first-order valence-electron chi connectivity index (χ1n) is 8.97. The van der Waals surface area contributed by atoms with Gasteiger partial charge in [-0.2, -0.15) is 0 Å². The summed E-state index contributed by atoms with van der Waals surface area (Å²) in [5.41, 5.74) is 1.66. The molecule has 1 heterocycles. The zero-order chi connectivity index (χ0) is 20.0. The van der Waals surface area contributed by atoms with Crippen LogP contribution in [0.5, 0.6) is 5.75 Å². The van der Waals surface area contributed by atoms with Crippen molar-refractivity contribution in [3.05, 3.63) is 66.2 Å². The lowest BCUT2D eigenvalue weighted by atomic mass is 10.2. The van der Waals surface area contributed by atoms with Gasteiger partial charge in [0.1, 0.15) is 11.5 Å². The fourth-order valence-electron chi connectivity index (χ4n) is 3.04. The monoisotopic (exact) mass is 440 g/mol. The van der Waals surface area contributed by atoms with E-state index >= 15 is 0 Å². The van der Waals surface area contributed by atoms with Gasteiger partial charge in [-0.25, -0.2) is 9.24 Å². The smallest absolute Gasteiger partial charge is 0.422 e. The van der Waals surface area contributed by atoms with Crippen LogP contribution in [0.25, 0.3) is 5.76 Å². The van der Waals surface area contributed by atoms with Crippen molar-refractivity contribution in [3.63, 3.8) is 0 Å². The molecular weight excluding hydrogens is 418 g/mol. The minimum Gasteiger partial charge on any atom is -0.497 e. The number of hydrogen-bond acceptors (Lipinski definition) is 3. The molecule has 1 aliphatic rings. The molecule has 0 amide bonds. The number of halogens is 2. The van der Waals surface area contributed by atoms with Gasteiger partial charge in [0.15, 0.2) is 0 Å². The van der Waals surface area contributed by atoms with E-state index in [1.165, 1.54) is 0 Å². The minimum atomic E-state index is -3.45. The van der Waals surface area contributed by atoms with Crippen molar-refractivity contribution < 1.29 is 13.8 Å². The molecule has 0 N–H and O–H groups in total. The van der Waals surface area contributed by atoms with E-state index in [4.69, 9.17) is 32.5 Å². The molecule has 0 spiro atoms. The molecule has 8 heteroatoms. The summed E-state index contributed by atoms with van der Waals surface area (Å²) in [6.45, 7) is 1.25. The molecule has 0 saturated carbocycles. The van der Waals surface area contributed by atoms with Crippen LogP contribution in [0, 0.1) is 0 Å². The average molecular weight is 441 g/mol. The maximum Gasteiger partial charge on any atom is 0.422 e. The van der Waals surface area contributed by atoms with Crippen molar-refractivity contribution in [2.45, 2.75) is 0 Å². The van der Waals surface area contributed by atoms with Crippen molar-refractivity contribution in [1.29, 1.82) is 0 Å². The van der Waals surface area contributed by atoms with Gasteiger partial charge < -0.3 is 9.26 Å². The van der Waals surface area contributed by atoms with Crippen LogP contribution in [-0.4, -0.2) is 43.2 Å². The second-order valence-electron chi connectivity index (χ2n) is 6.13. The fraction of sp³-hybridized carbons (Fsp3) is 0.300. The van der Waals surface area contributed by atoms with Crippen LogP contribution < -0.4 is 9.41 Å². The summed E-state index contributed by atoms with van der Waals surface area (Å²) in [4.78, 5) is 0. The molecule has 0 aromatic heterocycles. The first-order chi connectivity index (χ1) is 13.6. The zero-order valence-corrected chi connectivity index (χ0v) is 18.0. The van der Waals surface area contributed by atoms with Crippen molar-refractivity contribution in [3.8, 4) is 5.75 Å². The average Bonchev–Trinajstić information content (AvgIpc) is 2.74. The summed E-state index contributed by atoms with van der Waals surface area (Å²) >= 11 is 12.0. The van der Waals surface area contributed by atoms with Gasteiger partial charge in [-0.05, 0) is 30.3 Å². The Balaban J connectivity index is 2.02.